The van der Waals surface area contributed by atoms with Gasteiger partial charge in [0.1, 0.15) is 12.4 Å². The smallest absolute Gasteiger partial charge is 0.257 e. The largest absolute Gasteiger partial charge is 0.507 e. The van der Waals surface area contributed by atoms with E-state index in [0.717, 1.165) is 17.8 Å². The third kappa shape index (κ3) is 2.93. The van der Waals surface area contributed by atoms with Crippen LogP contribution in [0.25, 0.3) is 0 Å². The summed E-state index contributed by atoms with van der Waals surface area (Å²) in [7, 11) is 1.52. The summed E-state index contributed by atoms with van der Waals surface area (Å²) >= 11 is 0. The molecule has 2 aromatic rings. The Bertz CT molecular complexity index is 886. The van der Waals surface area contributed by atoms with Crippen molar-refractivity contribution < 1.29 is 19.4 Å². The molecule has 1 spiro atoms. The number of methoxy groups -OCH3 is 1. The molecule has 0 bridgehead atoms. The number of phenols is 1. The van der Waals surface area contributed by atoms with Crippen LogP contribution in [-0.2, 0) is 21.5 Å². The first-order valence-corrected chi connectivity index (χ1v) is 9.46. The van der Waals surface area contributed by atoms with Gasteiger partial charge in [0.2, 0.25) is 5.91 Å². The summed E-state index contributed by atoms with van der Waals surface area (Å²) in [6, 6.07) is 6.57. The number of hydrogen-bond acceptors (Lipinski definition) is 5. The van der Waals surface area contributed by atoms with Crippen molar-refractivity contribution >= 4 is 11.8 Å². The number of carbonyl (C=O) groups is 2. The molecule has 148 valence electrons. The summed E-state index contributed by atoms with van der Waals surface area (Å²) < 4.78 is 5.08. The summed E-state index contributed by atoms with van der Waals surface area (Å²) in [6.45, 7) is 1.60. The molecule has 8 heteroatoms. The first-order chi connectivity index (χ1) is 13.6. The SMILES string of the molecule is COCC(=O)N1CCc2[nH]cnc2C12CCN(C(=O)c1ccccc1O)CC2. The van der Waals surface area contributed by atoms with Gasteiger partial charge >= 0.3 is 0 Å². The number of ether oxygens (including phenoxy) is 1. The molecule has 1 saturated heterocycles. The lowest BCUT2D eigenvalue weighted by molar-refractivity contribution is -0.145. The number of H-pyrrole nitrogens is 1. The monoisotopic (exact) mass is 384 g/mol. The number of imidazole rings is 1. The van der Waals surface area contributed by atoms with Crippen LogP contribution in [0.3, 0.4) is 0 Å². The highest BCUT2D eigenvalue weighted by Gasteiger charge is 2.49. The van der Waals surface area contributed by atoms with Crippen LogP contribution < -0.4 is 0 Å². The molecule has 2 aliphatic rings. The Morgan fingerprint density at radius 1 is 1.25 bits per heavy atom. The number of hydrogen-bond donors (Lipinski definition) is 2. The minimum Gasteiger partial charge on any atom is -0.507 e. The van der Waals surface area contributed by atoms with Gasteiger partial charge in [-0.25, -0.2) is 4.98 Å². The van der Waals surface area contributed by atoms with Gasteiger partial charge < -0.3 is 24.6 Å². The van der Waals surface area contributed by atoms with Crippen LogP contribution in [0, 0.1) is 0 Å². The number of amides is 2. The number of aromatic amines is 1. The maximum Gasteiger partial charge on any atom is 0.257 e. The number of para-hydroxylation sites is 1. The zero-order valence-corrected chi connectivity index (χ0v) is 15.9. The second-order valence-electron chi connectivity index (χ2n) is 7.30. The number of aromatic hydroxyl groups is 1. The number of nitrogens with zero attached hydrogens (tertiary/aromatic N) is 3. The lowest BCUT2D eigenvalue weighted by atomic mass is 9.78. The van der Waals surface area contributed by atoms with Crippen molar-refractivity contribution in [3.05, 3.63) is 47.5 Å². The van der Waals surface area contributed by atoms with Gasteiger partial charge in [0.05, 0.1) is 23.1 Å². The van der Waals surface area contributed by atoms with Gasteiger partial charge in [-0.3, -0.25) is 9.59 Å². The van der Waals surface area contributed by atoms with E-state index in [1.54, 1.807) is 29.4 Å². The molecule has 2 N–H and O–H groups in total. The fourth-order valence-electron chi connectivity index (χ4n) is 4.45. The zero-order valence-electron chi connectivity index (χ0n) is 15.9. The summed E-state index contributed by atoms with van der Waals surface area (Å²) in [5.41, 5.74) is 1.73. The summed E-state index contributed by atoms with van der Waals surface area (Å²) in [5.74, 6) is -0.269. The minimum atomic E-state index is -0.529. The molecule has 0 radical (unpaired) electrons. The first-order valence-electron chi connectivity index (χ1n) is 9.46. The molecular formula is C20H24N4O4. The van der Waals surface area contributed by atoms with Crippen molar-refractivity contribution in [1.82, 2.24) is 19.8 Å². The van der Waals surface area contributed by atoms with Crippen molar-refractivity contribution in [2.75, 3.05) is 33.4 Å². The number of carbonyl (C=O) groups excluding carboxylic acids is 2. The fraction of sp³-hybridized carbons (Fsp3) is 0.450. The lowest BCUT2D eigenvalue weighted by Gasteiger charge is -2.50. The molecule has 0 aliphatic carbocycles. The van der Waals surface area contributed by atoms with Crippen LogP contribution in [0.4, 0.5) is 0 Å². The van der Waals surface area contributed by atoms with Gasteiger partial charge in [0.15, 0.2) is 0 Å². The predicted octanol–water partition coefficient (Wildman–Crippen LogP) is 1.28. The Hall–Kier alpha value is -2.87. The maximum absolute atomic E-state index is 12.8. The van der Waals surface area contributed by atoms with Gasteiger partial charge in [0.25, 0.3) is 5.91 Å². The zero-order chi connectivity index (χ0) is 19.7. The van der Waals surface area contributed by atoms with Gasteiger partial charge in [-0.1, -0.05) is 12.1 Å². The van der Waals surface area contributed by atoms with Gasteiger partial charge in [0, 0.05) is 38.9 Å². The standard InChI is InChI=1S/C20H24N4O4/c1-28-12-17(26)24-9-6-15-18(22-13-21-15)20(24)7-10-23(11-8-20)19(27)14-4-2-3-5-16(14)25/h2-5,13,25H,6-12H2,1H3,(H,21,22). The van der Waals surface area contributed by atoms with Gasteiger partial charge in [-0.2, -0.15) is 0 Å². The summed E-state index contributed by atoms with van der Waals surface area (Å²) in [6.07, 6.45) is 3.60. The Morgan fingerprint density at radius 2 is 2.00 bits per heavy atom. The van der Waals surface area contributed by atoms with Gasteiger partial charge in [-0.15, -0.1) is 0 Å². The summed E-state index contributed by atoms with van der Waals surface area (Å²) in [4.78, 5) is 36.9. The number of piperidine rings is 1. The predicted molar refractivity (Wildman–Crippen MR) is 101 cm³/mol. The Labute approximate surface area is 163 Å². The molecule has 8 nitrogen and oxygen atoms in total. The minimum absolute atomic E-state index is 0.0167. The lowest BCUT2D eigenvalue weighted by Crippen LogP contribution is -2.59. The van der Waals surface area contributed by atoms with E-state index in [-0.39, 0.29) is 24.2 Å². The molecular weight excluding hydrogens is 360 g/mol. The van der Waals surface area contributed by atoms with E-state index >= 15 is 0 Å². The third-order valence-electron chi connectivity index (χ3n) is 5.84. The van der Waals surface area contributed by atoms with E-state index in [2.05, 4.69) is 9.97 Å². The van der Waals surface area contributed by atoms with E-state index in [9.17, 15) is 14.7 Å². The van der Waals surface area contributed by atoms with Crippen LogP contribution in [-0.4, -0.2) is 70.0 Å². The van der Waals surface area contributed by atoms with Crippen molar-refractivity contribution in [1.29, 1.82) is 0 Å². The molecule has 0 unspecified atom stereocenters. The Balaban J connectivity index is 1.59. The van der Waals surface area contributed by atoms with Crippen molar-refractivity contribution in [3.8, 4) is 5.75 Å². The average Bonchev–Trinajstić information content (AvgIpc) is 3.19. The highest BCUT2D eigenvalue weighted by Crippen LogP contribution is 2.42. The number of fused-ring (bicyclic) bond motifs is 2. The molecule has 2 aliphatic heterocycles. The van der Waals surface area contributed by atoms with E-state index in [4.69, 9.17) is 4.74 Å². The molecule has 3 heterocycles. The van der Waals surface area contributed by atoms with Crippen LogP contribution in [0.15, 0.2) is 30.6 Å². The van der Waals surface area contributed by atoms with Crippen LogP contribution in [0.5, 0.6) is 5.75 Å². The van der Waals surface area contributed by atoms with Crippen molar-refractivity contribution in [2.24, 2.45) is 0 Å². The molecule has 4 rings (SSSR count). The number of phenolic OH excluding ortho intramolecular Hbond substituents is 1. The van der Waals surface area contributed by atoms with E-state index in [1.807, 2.05) is 4.90 Å². The average molecular weight is 384 g/mol. The molecule has 2 amide bonds. The third-order valence-corrected chi connectivity index (χ3v) is 5.84. The number of benzene rings is 1. The maximum atomic E-state index is 12.8. The fourth-order valence-corrected chi connectivity index (χ4v) is 4.45. The highest BCUT2D eigenvalue weighted by molar-refractivity contribution is 5.96. The quantitative estimate of drug-likeness (QED) is 0.831. The van der Waals surface area contributed by atoms with E-state index in [1.165, 1.54) is 13.2 Å². The molecule has 0 saturated carbocycles. The first kappa shape index (κ1) is 18.5. The summed E-state index contributed by atoms with van der Waals surface area (Å²) in [5, 5.41) is 10.0. The molecule has 1 aromatic carbocycles. The molecule has 1 fully saturated rings. The number of rotatable bonds is 3. The normalized spacial score (nSPS) is 18.2. The highest BCUT2D eigenvalue weighted by atomic mass is 16.5. The van der Waals surface area contributed by atoms with Crippen molar-refractivity contribution in [2.45, 2.75) is 24.8 Å². The number of likely N-dealkylation sites (tertiary alicyclic amines) is 1. The molecule has 1 aromatic heterocycles. The topological polar surface area (TPSA) is 98.8 Å². The number of nitrogens with one attached hydrogen (secondary N) is 1. The Kier molecular flexibility index (Phi) is 4.80. The van der Waals surface area contributed by atoms with Crippen LogP contribution >= 0.6 is 0 Å². The molecule has 28 heavy (non-hydrogen) atoms. The second-order valence-corrected chi connectivity index (χ2v) is 7.30. The van der Waals surface area contributed by atoms with Crippen LogP contribution in [0.2, 0.25) is 0 Å². The number of aromatic nitrogens is 2. The van der Waals surface area contributed by atoms with Crippen LogP contribution in [0.1, 0.15) is 34.6 Å². The van der Waals surface area contributed by atoms with E-state index in [0.29, 0.717) is 38.0 Å². The van der Waals surface area contributed by atoms with Gasteiger partial charge in [-0.05, 0) is 25.0 Å². The van der Waals surface area contributed by atoms with Crippen molar-refractivity contribution in [3.63, 3.8) is 0 Å². The molecule has 0 atom stereocenters. The Morgan fingerprint density at radius 3 is 2.71 bits per heavy atom. The van der Waals surface area contributed by atoms with E-state index < -0.39 is 5.54 Å². The second kappa shape index (κ2) is 7.27.